The number of benzene rings is 1. The lowest BCUT2D eigenvalue weighted by atomic mass is 10.2. The highest BCUT2D eigenvalue weighted by molar-refractivity contribution is 8.00. The highest BCUT2D eigenvalue weighted by Crippen LogP contribution is 2.26. The van der Waals surface area contributed by atoms with Crippen molar-refractivity contribution in [3.05, 3.63) is 42.6 Å². The Morgan fingerprint density at radius 2 is 1.81 bits per heavy atom. The Morgan fingerprint density at radius 1 is 1.13 bits per heavy atom. The fourth-order valence-electron chi connectivity index (χ4n) is 3.04. The van der Waals surface area contributed by atoms with Crippen LogP contribution in [0.2, 0.25) is 0 Å². The predicted molar refractivity (Wildman–Crippen MR) is 114 cm³/mol. The van der Waals surface area contributed by atoms with Crippen LogP contribution in [0, 0.1) is 0 Å². The molecule has 11 heteroatoms. The van der Waals surface area contributed by atoms with Gasteiger partial charge in [0.05, 0.1) is 10.3 Å². The van der Waals surface area contributed by atoms with Gasteiger partial charge in [-0.1, -0.05) is 18.2 Å². The van der Waals surface area contributed by atoms with Gasteiger partial charge in [-0.15, -0.1) is 0 Å². The van der Waals surface area contributed by atoms with E-state index in [2.05, 4.69) is 15.0 Å². The molecule has 2 aromatic rings. The van der Waals surface area contributed by atoms with Gasteiger partial charge in [-0.3, -0.25) is 4.79 Å². The zero-order chi connectivity index (χ0) is 22.4. The summed E-state index contributed by atoms with van der Waals surface area (Å²) in [6.07, 6.45) is 4.07. The summed E-state index contributed by atoms with van der Waals surface area (Å²) in [4.78, 5) is 16.7. The molecule has 1 aromatic heterocycles. The highest BCUT2D eigenvalue weighted by atomic mass is 32.2. The summed E-state index contributed by atoms with van der Waals surface area (Å²) in [7, 11) is -3.55. The smallest absolute Gasteiger partial charge is 0.387 e. The average molecular weight is 472 g/mol. The Bertz CT molecular complexity index is 980. The fourth-order valence-corrected chi connectivity index (χ4v) is 5.29. The van der Waals surface area contributed by atoms with Crippen LogP contribution in [0.3, 0.4) is 0 Å². The van der Waals surface area contributed by atoms with Crippen LogP contribution in [-0.4, -0.2) is 48.6 Å². The van der Waals surface area contributed by atoms with Crippen molar-refractivity contribution in [2.24, 2.45) is 0 Å². The second kappa shape index (κ2) is 10.4. The van der Waals surface area contributed by atoms with E-state index in [1.165, 1.54) is 52.6 Å². The second-order valence-corrected chi connectivity index (χ2v) is 10.2. The number of hydrogen-bond donors (Lipinski definition) is 1. The van der Waals surface area contributed by atoms with Gasteiger partial charge in [0.2, 0.25) is 15.9 Å². The molecule has 1 aromatic carbocycles. The van der Waals surface area contributed by atoms with E-state index in [9.17, 15) is 22.0 Å². The van der Waals surface area contributed by atoms with Gasteiger partial charge in [0, 0.05) is 25.0 Å². The van der Waals surface area contributed by atoms with E-state index in [4.69, 9.17) is 0 Å². The molecule has 1 aliphatic heterocycles. The number of nitrogens with zero attached hydrogens (tertiary/aromatic N) is 2. The minimum absolute atomic E-state index is 0.000724. The van der Waals surface area contributed by atoms with Crippen molar-refractivity contribution in [1.82, 2.24) is 9.29 Å². The lowest BCUT2D eigenvalue weighted by Gasteiger charge is -2.25. The molecule has 0 spiro atoms. The first kappa shape index (κ1) is 23.4. The largest absolute Gasteiger partial charge is 0.435 e. The molecule has 168 valence electrons. The Morgan fingerprint density at radius 3 is 2.39 bits per heavy atom. The minimum atomic E-state index is -3.55. The van der Waals surface area contributed by atoms with E-state index in [1.807, 2.05) is 0 Å². The van der Waals surface area contributed by atoms with Crippen molar-refractivity contribution < 1.29 is 26.7 Å². The lowest BCUT2D eigenvalue weighted by molar-refractivity contribution is -0.115. The van der Waals surface area contributed by atoms with E-state index >= 15 is 0 Å². The summed E-state index contributed by atoms with van der Waals surface area (Å²) in [6.45, 7) is -0.184. The lowest BCUT2D eigenvalue weighted by Crippen LogP contribution is -2.35. The summed E-state index contributed by atoms with van der Waals surface area (Å²) in [5, 5.41) is 2.68. The molecule has 1 atom stereocenters. The van der Waals surface area contributed by atoms with Gasteiger partial charge in [0.1, 0.15) is 10.6 Å². The minimum Gasteiger partial charge on any atom is -0.435 e. The number of nitrogens with one attached hydrogen (secondary N) is 1. The SMILES string of the molecule is CC(Sc1ccc(S(=O)(=O)N2CCCCC2)cn1)C(=O)Nc1ccc(OC(F)F)cc1. The molecule has 7 nitrogen and oxygen atoms in total. The number of alkyl halides is 2. The Balaban J connectivity index is 1.57. The number of rotatable bonds is 8. The topological polar surface area (TPSA) is 88.6 Å². The zero-order valence-electron chi connectivity index (χ0n) is 16.8. The first-order valence-electron chi connectivity index (χ1n) is 9.74. The molecule has 1 N–H and O–H groups in total. The van der Waals surface area contributed by atoms with E-state index in [0.717, 1.165) is 19.3 Å². The maximum Gasteiger partial charge on any atom is 0.387 e. The molecule has 31 heavy (non-hydrogen) atoms. The normalized spacial score (nSPS) is 16.1. The molecular formula is C20H23F2N3O4S2. The van der Waals surface area contributed by atoms with E-state index in [-0.39, 0.29) is 16.6 Å². The van der Waals surface area contributed by atoms with Crippen LogP contribution in [-0.2, 0) is 14.8 Å². The first-order chi connectivity index (χ1) is 14.8. The first-order valence-corrected chi connectivity index (χ1v) is 12.1. The number of sulfonamides is 1. The fraction of sp³-hybridized carbons (Fsp3) is 0.400. The molecule has 1 saturated heterocycles. The van der Waals surface area contributed by atoms with Crippen LogP contribution in [0.15, 0.2) is 52.5 Å². The number of aromatic nitrogens is 1. The summed E-state index contributed by atoms with van der Waals surface area (Å²) in [5.41, 5.74) is 0.440. The van der Waals surface area contributed by atoms with Gasteiger partial charge in [-0.05, 0) is 56.2 Å². The summed E-state index contributed by atoms with van der Waals surface area (Å²) in [6, 6.07) is 8.69. The summed E-state index contributed by atoms with van der Waals surface area (Å²) < 4.78 is 55.5. The van der Waals surface area contributed by atoms with Gasteiger partial charge in [-0.25, -0.2) is 13.4 Å². The van der Waals surface area contributed by atoms with E-state index in [0.29, 0.717) is 23.8 Å². The molecular weight excluding hydrogens is 448 g/mol. The molecule has 0 saturated carbocycles. The third kappa shape index (κ3) is 6.37. The number of piperidine rings is 1. The molecule has 1 fully saturated rings. The van der Waals surface area contributed by atoms with E-state index < -0.39 is 21.9 Å². The average Bonchev–Trinajstić information content (AvgIpc) is 2.75. The summed E-state index contributed by atoms with van der Waals surface area (Å²) in [5.74, 6) is -0.307. The molecule has 1 amide bonds. The van der Waals surface area contributed by atoms with Gasteiger partial charge >= 0.3 is 6.61 Å². The molecule has 2 heterocycles. The number of halogens is 2. The Kier molecular flexibility index (Phi) is 7.84. The molecule has 0 bridgehead atoms. The van der Waals surface area contributed by atoms with Crippen molar-refractivity contribution in [3.63, 3.8) is 0 Å². The number of carbonyl (C=O) groups is 1. The third-order valence-electron chi connectivity index (χ3n) is 4.68. The molecule has 0 radical (unpaired) electrons. The number of anilines is 1. The number of thioether (sulfide) groups is 1. The number of amides is 1. The molecule has 1 unspecified atom stereocenters. The van der Waals surface area contributed by atoms with Crippen molar-refractivity contribution in [1.29, 1.82) is 0 Å². The van der Waals surface area contributed by atoms with Crippen LogP contribution in [0.25, 0.3) is 0 Å². The van der Waals surface area contributed by atoms with E-state index in [1.54, 1.807) is 13.0 Å². The second-order valence-electron chi connectivity index (χ2n) is 6.95. The van der Waals surface area contributed by atoms with Gasteiger partial charge in [0.15, 0.2) is 0 Å². The third-order valence-corrected chi connectivity index (χ3v) is 7.61. The van der Waals surface area contributed by atoms with Crippen LogP contribution >= 0.6 is 11.8 Å². The van der Waals surface area contributed by atoms with Crippen molar-refractivity contribution >= 4 is 33.4 Å². The number of hydrogen-bond acceptors (Lipinski definition) is 6. The highest BCUT2D eigenvalue weighted by Gasteiger charge is 2.26. The standard InChI is InChI=1S/C20H23F2N3O4S2/c1-14(19(26)24-15-5-7-16(8-6-15)29-20(21)22)30-18-10-9-17(13-23-18)31(27,28)25-11-3-2-4-12-25/h5-10,13-14,20H,2-4,11-12H2,1H3,(H,24,26). The quantitative estimate of drug-likeness (QED) is 0.586. The Hall–Kier alpha value is -2.24. The predicted octanol–water partition coefficient (Wildman–Crippen LogP) is 3.98. The Labute approximate surface area is 184 Å². The van der Waals surface area contributed by atoms with Gasteiger partial charge in [0.25, 0.3) is 0 Å². The monoisotopic (exact) mass is 471 g/mol. The molecule has 3 rings (SSSR count). The van der Waals surface area contributed by atoms with Gasteiger partial charge < -0.3 is 10.1 Å². The van der Waals surface area contributed by atoms with Gasteiger partial charge in [-0.2, -0.15) is 13.1 Å². The molecule has 0 aliphatic carbocycles. The molecule has 1 aliphatic rings. The number of ether oxygens (including phenoxy) is 1. The maximum atomic E-state index is 12.7. The number of pyridine rings is 1. The van der Waals surface area contributed by atoms with Crippen LogP contribution in [0.1, 0.15) is 26.2 Å². The van der Waals surface area contributed by atoms with Crippen LogP contribution in [0.5, 0.6) is 5.75 Å². The van der Waals surface area contributed by atoms with Crippen molar-refractivity contribution in [2.75, 3.05) is 18.4 Å². The zero-order valence-corrected chi connectivity index (χ0v) is 18.5. The van der Waals surface area contributed by atoms with Crippen LogP contribution < -0.4 is 10.1 Å². The van der Waals surface area contributed by atoms with Crippen molar-refractivity contribution in [2.45, 2.75) is 48.0 Å². The summed E-state index contributed by atoms with van der Waals surface area (Å²) >= 11 is 1.18. The maximum absolute atomic E-state index is 12.7. The van der Waals surface area contributed by atoms with Crippen molar-refractivity contribution in [3.8, 4) is 5.75 Å². The van der Waals surface area contributed by atoms with Crippen LogP contribution in [0.4, 0.5) is 14.5 Å². The number of carbonyl (C=O) groups excluding carboxylic acids is 1.